The molecule has 3 nitrogen and oxygen atoms in total. The predicted octanol–water partition coefficient (Wildman–Crippen LogP) is 3.36. The molecule has 2 fully saturated rings. The minimum Gasteiger partial charge on any atom is -0.366 e. The highest BCUT2D eigenvalue weighted by atomic mass is 16.1. The number of likely N-dealkylation sites (tertiary alicyclic amines) is 1. The van der Waals surface area contributed by atoms with Crippen molar-refractivity contribution in [1.82, 2.24) is 4.90 Å². The number of amides is 1. The van der Waals surface area contributed by atoms with Gasteiger partial charge >= 0.3 is 0 Å². The van der Waals surface area contributed by atoms with Gasteiger partial charge < -0.3 is 5.73 Å². The monoisotopic (exact) mass is 326 g/mol. The van der Waals surface area contributed by atoms with E-state index in [1.165, 1.54) is 43.5 Å². The highest BCUT2D eigenvalue weighted by molar-refractivity contribution is 5.93. The van der Waals surface area contributed by atoms with E-state index in [0.717, 1.165) is 18.3 Å². The van der Waals surface area contributed by atoms with Crippen LogP contribution in [0.1, 0.15) is 61.5 Å². The first-order chi connectivity index (χ1) is 11.4. The van der Waals surface area contributed by atoms with Crippen LogP contribution in [0.2, 0.25) is 0 Å². The Morgan fingerprint density at radius 3 is 2.83 bits per heavy atom. The van der Waals surface area contributed by atoms with Gasteiger partial charge in [0.2, 0.25) is 5.91 Å². The number of nitrogens with two attached hydrogens (primary N) is 1. The zero-order valence-corrected chi connectivity index (χ0v) is 15.2. The molecular weight excluding hydrogens is 296 g/mol. The van der Waals surface area contributed by atoms with E-state index in [4.69, 9.17) is 5.73 Å². The molecule has 4 atom stereocenters. The lowest BCUT2D eigenvalue weighted by Gasteiger charge is -2.55. The fourth-order valence-electron chi connectivity index (χ4n) is 5.27. The molecule has 1 aromatic carbocycles. The number of piperidine rings is 1. The lowest BCUT2D eigenvalue weighted by atomic mass is 9.58. The van der Waals surface area contributed by atoms with E-state index < -0.39 is 0 Å². The molecule has 0 spiro atoms. The second-order valence-corrected chi connectivity index (χ2v) is 8.77. The third kappa shape index (κ3) is 2.48. The molecule has 1 amide bonds. The Morgan fingerprint density at radius 1 is 1.42 bits per heavy atom. The molecule has 2 aliphatic carbocycles. The van der Waals surface area contributed by atoms with Crippen molar-refractivity contribution in [2.75, 3.05) is 13.1 Å². The molecule has 3 aliphatic rings. The van der Waals surface area contributed by atoms with Crippen molar-refractivity contribution in [2.45, 2.75) is 57.9 Å². The van der Waals surface area contributed by atoms with Crippen LogP contribution in [0.25, 0.3) is 0 Å². The maximum Gasteiger partial charge on any atom is 0.248 e. The van der Waals surface area contributed by atoms with Crippen LogP contribution in [0.15, 0.2) is 18.2 Å². The van der Waals surface area contributed by atoms with E-state index in [9.17, 15) is 4.79 Å². The van der Waals surface area contributed by atoms with Crippen LogP contribution in [0.4, 0.5) is 0 Å². The molecule has 1 heterocycles. The van der Waals surface area contributed by atoms with Gasteiger partial charge in [-0.15, -0.1) is 0 Å². The molecule has 1 saturated heterocycles. The Bertz CT molecular complexity index is 666. The summed E-state index contributed by atoms with van der Waals surface area (Å²) in [7, 11) is 0. The molecule has 3 heteroatoms. The van der Waals surface area contributed by atoms with Crippen molar-refractivity contribution < 1.29 is 4.79 Å². The molecule has 1 aliphatic heterocycles. The summed E-state index contributed by atoms with van der Waals surface area (Å²) in [6.45, 7) is 9.69. The molecule has 0 radical (unpaired) electrons. The van der Waals surface area contributed by atoms with Crippen LogP contribution in [0, 0.1) is 17.8 Å². The first-order valence-electron chi connectivity index (χ1n) is 9.57. The lowest BCUT2D eigenvalue weighted by Crippen LogP contribution is -2.58. The number of fused-ring (bicyclic) bond motifs is 4. The van der Waals surface area contributed by atoms with Gasteiger partial charge in [0.1, 0.15) is 0 Å². The van der Waals surface area contributed by atoms with E-state index in [-0.39, 0.29) is 11.3 Å². The van der Waals surface area contributed by atoms with Gasteiger partial charge in [-0.3, -0.25) is 9.69 Å². The van der Waals surface area contributed by atoms with Crippen molar-refractivity contribution in [1.29, 1.82) is 0 Å². The van der Waals surface area contributed by atoms with E-state index in [1.807, 2.05) is 6.07 Å². The smallest absolute Gasteiger partial charge is 0.248 e. The van der Waals surface area contributed by atoms with E-state index >= 15 is 0 Å². The SMILES string of the molecule is CC1[C@H]2Cc3ccc(C(N)=O)cc3[C@@]1(C)CCN2C[C@@H](C)C1CC1. The first-order valence-corrected chi connectivity index (χ1v) is 9.57. The standard InChI is InChI=1S/C21H30N2O/c1-13(15-4-5-15)12-23-9-8-21(3)14(2)19(23)11-16-6-7-17(20(22)24)10-18(16)21/h6-7,10,13-15,19H,4-5,8-9,11-12H2,1-3H3,(H2,22,24)/t13-,14?,19-,21+/m1/s1. The number of rotatable bonds is 4. The Labute approximate surface area is 145 Å². The minimum atomic E-state index is -0.313. The van der Waals surface area contributed by atoms with Gasteiger partial charge in [0.05, 0.1) is 0 Å². The molecule has 24 heavy (non-hydrogen) atoms. The van der Waals surface area contributed by atoms with Gasteiger partial charge in [-0.1, -0.05) is 26.8 Å². The van der Waals surface area contributed by atoms with Crippen LogP contribution in [-0.2, 0) is 11.8 Å². The number of hydrogen-bond donors (Lipinski definition) is 1. The molecule has 130 valence electrons. The number of benzene rings is 1. The largest absolute Gasteiger partial charge is 0.366 e. The van der Waals surface area contributed by atoms with Crippen LogP contribution in [-0.4, -0.2) is 29.9 Å². The fourth-order valence-corrected chi connectivity index (χ4v) is 5.27. The summed E-state index contributed by atoms with van der Waals surface area (Å²) < 4.78 is 0. The predicted molar refractivity (Wildman–Crippen MR) is 97.0 cm³/mol. The number of carbonyl (C=O) groups is 1. The number of nitrogens with zero attached hydrogens (tertiary/aromatic N) is 1. The molecule has 1 aromatic rings. The summed E-state index contributed by atoms with van der Waals surface area (Å²) in [6.07, 6.45) is 5.16. The molecular formula is C21H30N2O. The van der Waals surface area contributed by atoms with E-state index in [0.29, 0.717) is 17.5 Å². The molecule has 1 saturated carbocycles. The zero-order valence-electron chi connectivity index (χ0n) is 15.2. The molecule has 1 unspecified atom stereocenters. The quantitative estimate of drug-likeness (QED) is 0.922. The Morgan fingerprint density at radius 2 is 2.17 bits per heavy atom. The second kappa shape index (κ2) is 5.59. The van der Waals surface area contributed by atoms with Crippen molar-refractivity contribution >= 4 is 5.91 Å². The Balaban J connectivity index is 1.64. The highest BCUT2D eigenvalue weighted by Gasteiger charge is 2.48. The average molecular weight is 326 g/mol. The molecule has 2 bridgehead atoms. The molecule has 4 rings (SSSR count). The minimum absolute atomic E-state index is 0.170. The summed E-state index contributed by atoms with van der Waals surface area (Å²) >= 11 is 0. The van der Waals surface area contributed by atoms with Crippen molar-refractivity contribution in [3.8, 4) is 0 Å². The van der Waals surface area contributed by atoms with Gasteiger partial charge in [0, 0.05) is 18.2 Å². The Kier molecular flexibility index (Phi) is 3.76. The third-order valence-corrected chi connectivity index (χ3v) is 7.36. The van der Waals surface area contributed by atoms with Crippen molar-refractivity contribution in [2.24, 2.45) is 23.5 Å². The summed E-state index contributed by atoms with van der Waals surface area (Å²) in [6, 6.07) is 6.78. The summed E-state index contributed by atoms with van der Waals surface area (Å²) in [5, 5.41) is 0. The van der Waals surface area contributed by atoms with Gasteiger partial charge in [-0.2, -0.15) is 0 Å². The number of primary amides is 1. The summed E-state index contributed by atoms with van der Waals surface area (Å²) in [5.41, 5.74) is 9.14. The van der Waals surface area contributed by atoms with Gasteiger partial charge in [0.15, 0.2) is 0 Å². The number of hydrogen-bond acceptors (Lipinski definition) is 2. The van der Waals surface area contributed by atoms with Crippen molar-refractivity contribution in [3.63, 3.8) is 0 Å². The maximum absolute atomic E-state index is 11.6. The Hall–Kier alpha value is -1.35. The fraction of sp³-hybridized carbons (Fsp3) is 0.667. The average Bonchev–Trinajstić information content (AvgIpc) is 3.38. The maximum atomic E-state index is 11.6. The second-order valence-electron chi connectivity index (χ2n) is 8.77. The van der Waals surface area contributed by atoms with Gasteiger partial charge in [-0.25, -0.2) is 0 Å². The van der Waals surface area contributed by atoms with E-state index in [2.05, 4.69) is 37.8 Å². The summed E-state index contributed by atoms with van der Waals surface area (Å²) in [4.78, 5) is 14.4. The van der Waals surface area contributed by atoms with Crippen LogP contribution < -0.4 is 5.73 Å². The normalized spacial score (nSPS) is 33.8. The zero-order chi connectivity index (χ0) is 17.1. The number of carbonyl (C=O) groups excluding carboxylic acids is 1. The van der Waals surface area contributed by atoms with E-state index in [1.54, 1.807) is 0 Å². The topological polar surface area (TPSA) is 46.3 Å². The van der Waals surface area contributed by atoms with Crippen LogP contribution >= 0.6 is 0 Å². The third-order valence-electron chi connectivity index (χ3n) is 7.36. The lowest BCUT2D eigenvalue weighted by molar-refractivity contribution is 0.0206. The van der Waals surface area contributed by atoms with Crippen LogP contribution in [0.3, 0.4) is 0 Å². The van der Waals surface area contributed by atoms with Crippen molar-refractivity contribution in [3.05, 3.63) is 34.9 Å². The molecule has 0 aromatic heterocycles. The summed E-state index contributed by atoms with van der Waals surface area (Å²) in [5.74, 6) is 2.11. The molecule has 2 N–H and O–H groups in total. The van der Waals surface area contributed by atoms with Gasteiger partial charge in [-0.05, 0) is 78.7 Å². The first kappa shape index (κ1) is 16.1. The highest BCUT2D eigenvalue weighted by Crippen LogP contribution is 2.49. The van der Waals surface area contributed by atoms with Gasteiger partial charge in [0.25, 0.3) is 0 Å². The van der Waals surface area contributed by atoms with Crippen LogP contribution in [0.5, 0.6) is 0 Å².